The van der Waals surface area contributed by atoms with E-state index < -0.39 is 235 Å². The second kappa shape index (κ2) is 45.8. The molecule has 0 unspecified atom stereocenters. The minimum atomic E-state index is -2.15. The van der Waals surface area contributed by atoms with Crippen molar-refractivity contribution in [1.82, 2.24) is 93.3 Å². The number of carbonyl (C=O) groups excluding carboxylic acids is 14. The fourth-order valence-corrected chi connectivity index (χ4v) is 18.2. The lowest BCUT2D eigenvalue weighted by Gasteiger charge is -2.42. The number of nitrogens with one attached hydrogen (secondary N) is 15. The Balaban J connectivity index is 0.719. The molecule has 0 spiro atoms. The lowest BCUT2D eigenvalue weighted by molar-refractivity contribution is -0.245. The number of aromatic amines is 4. The molecular formula is C95H119N21O24. The van der Waals surface area contributed by atoms with Crippen molar-refractivity contribution in [3.05, 3.63) is 160 Å². The second-order valence-electron chi connectivity index (χ2n) is 36.8. The molecule has 3 aliphatic heterocycles. The van der Waals surface area contributed by atoms with E-state index in [0.29, 0.717) is 58.0 Å². The van der Waals surface area contributed by atoms with Gasteiger partial charge in [0.25, 0.3) is 5.91 Å². The minimum absolute atomic E-state index is 0.0103. The molecule has 45 heteroatoms. The fourth-order valence-electron chi connectivity index (χ4n) is 18.2. The molecular weight excluding hydrogens is 1820 g/mol. The molecule has 13 rings (SSSR count). The van der Waals surface area contributed by atoms with Gasteiger partial charge in [0.1, 0.15) is 77.2 Å². The van der Waals surface area contributed by atoms with Crippen LogP contribution in [-0.4, -0.2) is 284 Å². The topological polar surface area (TPSA) is 683 Å². The van der Waals surface area contributed by atoms with Gasteiger partial charge in [-0.1, -0.05) is 53.7 Å². The Labute approximate surface area is 802 Å². The molecule has 5 aliphatic rings. The molecule has 24 N–H and O–H groups in total. The quantitative estimate of drug-likeness (QED) is 0.0102. The number of aromatic hydroxyl groups is 2. The number of carboxylic acid groups (broad SMARTS) is 1. The van der Waals surface area contributed by atoms with E-state index in [0.717, 1.165) is 0 Å². The third-order valence-corrected chi connectivity index (χ3v) is 25.6. The van der Waals surface area contributed by atoms with Gasteiger partial charge < -0.3 is 139 Å². The molecule has 15 atom stereocenters. The van der Waals surface area contributed by atoms with Crippen LogP contribution in [0.4, 0.5) is 0 Å². The number of phenolic OH excluding ortho intramolecular Hbond substituents is 2. The summed E-state index contributed by atoms with van der Waals surface area (Å²) in [6.07, 6.45) is 1.95. The number of phenols is 2. The molecule has 3 saturated heterocycles. The largest absolute Gasteiger partial charge is 0.507 e. The molecule has 8 aromatic rings. The van der Waals surface area contributed by atoms with E-state index in [1.54, 1.807) is 67.8 Å². The average Bonchev–Trinajstić information content (AvgIpc) is 0.757. The van der Waals surface area contributed by atoms with Gasteiger partial charge in [0.2, 0.25) is 70.8 Å². The maximum absolute atomic E-state index is 15.5. The van der Waals surface area contributed by atoms with Crippen LogP contribution in [0.5, 0.6) is 17.2 Å². The number of ether oxygens (including phenoxy) is 3. The first kappa shape index (κ1) is 103. The summed E-state index contributed by atoms with van der Waals surface area (Å²) in [6.45, 7) is 7.78. The lowest BCUT2D eigenvalue weighted by Crippen LogP contribution is -2.61. The predicted molar refractivity (Wildman–Crippen MR) is 500 cm³/mol. The van der Waals surface area contributed by atoms with Crippen molar-refractivity contribution in [1.29, 1.82) is 0 Å². The van der Waals surface area contributed by atoms with Crippen molar-refractivity contribution in [3.8, 4) is 17.2 Å². The van der Waals surface area contributed by atoms with Crippen molar-refractivity contribution in [2.45, 2.75) is 246 Å². The van der Waals surface area contributed by atoms with Crippen LogP contribution in [0.1, 0.15) is 190 Å². The van der Waals surface area contributed by atoms with Gasteiger partial charge in [-0.05, 0) is 128 Å². The van der Waals surface area contributed by atoms with E-state index in [1.807, 2.05) is 20.8 Å². The van der Waals surface area contributed by atoms with E-state index in [9.17, 15) is 68.7 Å². The summed E-state index contributed by atoms with van der Waals surface area (Å²) >= 11 is 0. The second-order valence-corrected chi connectivity index (χ2v) is 36.8. The molecule has 12 amide bonds. The molecule has 3 fully saturated rings. The van der Waals surface area contributed by atoms with Crippen molar-refractivity contribution in [2.24, 2.45) is 16.6 Å². The number of carboxylic acids is 1. The average molecular weight is 1940 g/mol. The molecule has 4 aromatic heterocycles. The van der Waals surface area contributed by atoms with Crippen LogP contribution >= 0.6 is 0 Å². The number of H-pyrrole nitrogens is 4. The number of ketones is 2. The van der Waals surface area contributed by atoms with Crippen LogP contribution in [0.2, 0.25) is 0 Å². The first-order valence-corrected chi connectivity index (χ1v) is 46.4. The number of likely N-dealkylation sites (tertiary alicyclic amines) is 1. The number of aromatic nitrogens is 6. The number of nitrogens with two attached hydrogens (primary N) is 2. The zero-order valence-electron chi connectivity index (χ0n) is 78.1. The minimum Gasteiger partial charge on any atom is -0.507 e. The summed E-state index contributed by atoms with van der Waals surface area (Å²) in [5.74, 6) is -15.0. The van der Waals surface area contributed by atoms with Crippen molar-refractivity contribution < 1.29 is 116 Å². The van der Waals surface area contributed by atoms with Gasteiger partial charge in [-0.15, -0.1) is 0 Å². The monoisotopic (exact) mass is 1940 g/mol. The van der Waals surface area contributed by atoms with Crippen LogP contribution < -0.4 is 74.7 Å². The van der Waals surface area contributed by atoms with Crippen molar-refractivity contribution in [3.63, 3.8) is 0 Å². The summed E-state index contributed by atoms with van der Waals surface area (Å²) in [5, 5.41) is 93.6. The van der Waals surface area contributed by atoms with Crippen LogP contribution in [0.3, 0.4) is 0 Å². The van der Waals surface area contributed by atoms with Crippen molar-refractivity contribution >= 4 is 116 Å². The highest BCUT2D eigenvalue weighted by molar-refractivity contribution is 6.31. The summed E-state index contributed by atoms with van der Waals surface area (Å²) in [7, 11) is 1.29. The highest BCUT2D eigenvalue weighted by Crippen LogP contribution is 2.53. The maximum atomic E-state index is 15.5. The number of oxime groups is 1. The van der Waals surface area contributed by atoms with Crippen LogP contribution in [0, 0.1) is 0 Å². The number of primary amides is 1. The van der Waals surface area contributed by atoms with Gasteiger partial charge in [0.05, 0.1) is 73.4 Å². The Morgan fingerprint density at radius 3 is 1.79 bits per heavy atom. The Kier molecular flexibility index (Phi) is 33.7. The van der Waals surface area contributed by atoms with E-state index in [2.05, 4.69) is 93.5 Å². The number of unbranched alkanes of at least 4 members (excludes halogenated alkanes) is 2. The number of amides is 12. The molecule has 0 radical (unpaired) electrons. The normalized spacial score (nSPS) is 20.5. The fraction of sp³-hybridized carbons (Fsp3) is 0.474. The third kappa shape index (κ3) is 25.3. The number of nitrogens with zero attached hydrogens (tertiary/aromatic N) is 4. The van der Waals surface area contributed by atoms with E-state index in [4.69, 9.17) is 30.5 Å². The Hall–Kier alpha value is -14.5. The number of aliphatic hydroxyl groups is 2. The molecule has 140 heavy (non-hydrogen) atoms. The zero-order chi connectivity index (χ0) is 101. The number of hydrogen-bond acceptors (Lipinski definition) is 28. The van der Waals surface area contributed by atoms with Crippen LogP contribution in [0.25, 0.3) is 21.8 Å². The highest BCUT2D eigenvalue weighted by Gasteiger charge is 2.51. The van der Waals surface area contributed by atoms with Gasteiger partial charge in [-0.2, -0.15) is 0 Å². The molecule has 748 valence electrons. The number of aliphatic carboxylic acids is 1. The van der Waals surface area contributed by atoms with E-state index >= 15 is 28.8 Å². The summed E-state index contributed by atoms with van der Waals surface area (Å²) in [6, 6.07) is 4.01. The summed E-state index contributed by atoms with van der Waals surface area (Å²) in [5.41, 5.74) is 10.2. The number of aliphatic hydroxyl groups excluding tert-OH is 1. The van der Waals surface area contributed by atoms with Crippen molar-refractivity contribution in [2.75, 3.05) is 39.9 Å². The molecule has 0 bridgehead atoms. The Bertz CT molecular complexity index is 5960. The summed E-state index contributed by atoms with van der Waals surface area (Å²) in [4.78, 5) is 241. The predicted octanol–water partition coefficient (Wildman–Crippen LogP) is -0.204. The number of rotatable bonds is 45. The number of imidazole rings is 2. The van der Waals surface area contributed by atoms with Gasteiger partial charge in [0.15, 0.2) is 18.7 Å². The molecule has 2 aliphatic carbocycles. The number of carbonyl (C=O) groups is 15. The zero-order valence-corrected chi connectivity index (χ0v) is 78.1. The molecule has 7 heterocycles. The van der Waals surface area contributed by atoms with Gasteiger partial charge in [-0.25, -0.2) is 9.97 Å². The van der Waals surface area contributed by atoms with E-state index in [-0.39, 0.29) is 141 Å². The number of fused-ring (bicyclic) bond motifs is 5. The molecule has 0 saturated carbocycles. The molecule has 45 nitrogen and oxygen atoms in total. The third-order valence-electron chi connectivity index (χ3n) is 25.6. The number of methoxy groups -OCH3 is 1. The Morgan fingerprint density at radius 1 is 0.657 bits per heavy atom. The first-order valence-electron chi connectivity index (χ1n) is 46.4. The maximum Gasteiger partial charge on any atom is 0.305 e. The first-order chi connectivity index (χ1) is 66.8. The van der Waals surface area contributed by atoms with Crippen LogP contribution in [0.15, 0.2) is 109 Å². The van der Waals surface area contributed by atoms with Gasteiger partial charge in [-0.3, -0.25) is 71.9 Å². The van der Waals surface area contributed by atoms with E-state index in [1.165, 1.54) is 62.2 Å². The molecule has 4 aromatic carbocycles. The van der Waals surface area contributed by atoms with Gasteiger partial charge in [0, 0.05) is 151 Å². The number of benzene rings is 4. The summed E-state index contributed by atoms with van der Waals surface area (Å²) < 4.78 is 17.8. The number of hydrogen-bond donors (Lipinski definition) is 22. The smallest absolute Gasteiger partial charge is 0.305 e. The van der Waals surface area contributed by atoms with Crippen LogP contribution in [-0.2, 0) is 109 Å². The standard InChI is InChI=1S/C95H119N21O24/c1-47-80(122)57(96)35-75(139-47)140-70-38-95(136,37-56-77(70)84(126)79-78(82(56)124)81(123)55-19-15-25-69(137-6)76(55)83(79)125)48(2)115-138-44-73(119)100-28-13-11-23-62(93(135)116-30-16-24-68(116)92(134)103-43-71(97)117)109-88(130)64(32-50-40-102-59-21-10-8-18-54(50)59)111-91(133)67(36-74(120)121)114-90(132)66(34-52-42-99-46-105-52)112-85(127)60(22-12-14-29-106-94(3,4)5)108-87(129)63(31-49-39-101-58-20-9-7-17-53(49)58)110-89(131)65(33-51-41-98-45-104-51)113-86(128)61-26-27-72(118)107-61/h7-10,15,17-21,25,39-42,45-47,57,60-68,70,75,80,101-102,106,122,124,126,136H,11-14,16,22-24,26-38,43-44,96H2,1-6H3,(H2,97,117)(H,98,104)(H,99,105)(H,100,119)(H,103,134)(H,107,118)(H,108,129)(H,109,130)(H,110,131)(H,111,133)(H,112,127)(H,113,128)(H,114,132)(H,120,121)/b115-48+/t47-,57-,60-,61-,62-,63-,64-,65-,66-,67-,68-,70-,75-,80+,95-/m0/s1. The Morgan fingerprint density at radius 2 is 1.21 bits per heavy atom. The lowest BCUT2D eigenvalue weighted by atomic mass is 9.72. The highest BCUT2D eigenvalue weighted by atomic mass is 16.7. The number of para-hydroxylation sites is 2. The van der Waals surface area contributed by atoms with Gasteiger partial charge >= 0.3 is 5.97 Å². The SMILES string of the molecule is COc1cccc2c1C(=O)c1c(O)c3c(c(O)c1C2=O)C[C@@](O)(/C(C)=N/OCC(=O)NCCCC[C@H](NC(=O)[C@H](Cc1c[nH]c2ccccc12)NC(=O)[C@H](CC(=O)O)NC(=O)[C@H](Cc1cnc[nH]1)NC(=O)[C@H](CCCCNC(C)(C)C)NC(=O)[C@H](Cc1c[nH]c2ccccc12)NC(=O)[C@H](Cc1cnc[nH]1)NC(=O)[C@@H]1CCC(=O)N1)C(=O)N1CCC[C@H]1C(=O)NCC(N)=O)C[C@@H]3O[C@H]1C[C@H](N)[C@H](O)[C@H](C)O1.